The highest BCUT2D eigenvalue weighted by Crippen LogP contribution is 2.45. The second-order valence-corrected chi connectivity index (χ2v) is 14.7. The summed E-state index contributed by atoms with van der Waals surface area (Å²) in [5.74, 6) is 0. The van der Waals surface area contributed by atoms with E-state index in [0.29, 0.717) is 0 Å². The average molecular weight is 678 g/mol. The lowest BCUT2D eigenvalue weighted by molar-refractivity contribution is 1.31. The third-order valence-electron chi connectivity index (χ3n) is 10.8. The van der Waals surface area contributed by atoms with E-state index in [4.69, 9.17) is 0 Å². The molecular weight excluding hydrogens is 647 g/mol. The summed E-state index contributed by atoms with van der Waals surface area (Å²) in [4.78, 5) is 2.46. The number of nitrogens with zero attached hydrogens (tertiary/aromatic N) is 1. The average Bonchev–Trinajstić information content (AvgIpc) is 3.60. The Kier molecular flexibility index (Phi) is 6.49. The lowest BCUT2D eigenvalue weighted by Crippen LogP contribution is -2.10. The van der Waals surface area contributed by atoms with Gasteiger partial charge in [0.15, 0.2) is 0 Å². The Morgan fingerprint density at radius 1 is 0.346 bits per heavy atom. The molecule has 0 aliphatic carbocycles. The van der Waals surface area contributed by atoms with Gasteiger partial charge in [-0.25, -0.2) is 0 Å². The summed E-state index contributed by atoms with van der Waals surface area (Å²) >= 11 is 1.88. The minimum absolute atomic E-state index is 1.12. The topological polar surface area (TPSA) is 3.24 Å². The van der Waals surface area contributed by atoms with Gasteiger partial charge in [0.1, 0.15) is 0 Å². The van der Waals surface area contributed by atoms with E-state index in [-0.39, 0.29) is 0 Å². The predicted molar refractivity (Wildman–Crippen MR) is 227 cm³/mol. The summed E-state index contributed by atoms with van der Waals surface area (Å²) in [5.41, 5.74) is 5.92. The molecule has 0 amide bonds. The number of thiophene rings is 1. The zero-order valence-corrected chi connectivity index (χ0v) is 29.1. The maximum atomic E-state index is 2.46. The van der Waals surface area contributed by atoms with Gasteiger partial charge in [0.25, 0.3) is 0 Å². The fraction of sp³-hybridized carbons (Fsp3) is 0. The highest BCUT2D eigenvalue weighted by Gasteiger charge is 2.19. The molecule has 10 aromatic carbocycles. The van der Waals surface area contributed by atoms with Crippen molar-refractivity contribution in [1.29, 1.82) is 0 Å². The highest BCUT2D eigenvalue weighted by molar-refractivity contribution is 7.26. The largest absolute Gasteiger partial charge is 0.310 e. The van der Waals surface area contributed by atoms with Crippen LogP contribution in [0.5, 0.6) is 0 Å². The van der Waals surface area contributed by atoms with Crippen LogP contribution < -0.4 is 4.90 Å². The van der Waals surface area contributed by atoms with Gasteiger partial charge in [0.05, 0.1) is 5.69 Å². The quantitative estimate of drug-likeness (QED) is 0.168. The molecule has 0 fully saturated rings. The second kappa shape index (κ2) is 11.5. The van der Waals surface area contributed by atoms with Gasteiger partial charge in [-0.2, -0.15) is 0 Å². The van der Waals surface area contributed by atoms with Crippen LogP contribution >= 0.6 is 11.3 Å². The Balaban J connectivity index is 1.16. The minimum atomic E-state index is 1.12. The van der Waals surface area contributed by atoms with E-state index in [2.05, 4.69) is 193 Å². The summed E-state index contributed by atoms with van der Waals surface area (Å²) < 4.78 is 2.66. The van der Waals surface area contributed by atoms with Crippen LogP contribution in [0.3, 0.4) is 0 Å². The fourth-order valence-electron chi connectivity index (χ4n) is 8.45. The first-order valence-corrected chi connectivity index (χ1v) is 18.7. The first-order chi connectivity index (χ1) is 25.8. The van der Waals surface area contributed by atoms with Crippen molar-refractivity contribution >= 4 is 102 Å². The van der Waals surface area contributed by atoms with E-state index in [1.807, 2.05) is 11.3 Å². The van der Waals surface area contributed by atoms with E-state index in [9.17, 15) is 0 Å². The molecule has 0 aliphatic heterocycles. The molecular formula is C50H31NS. The molecule has 1 nitrogen and oxygen atoms in total. The van der Waals surface area contributed by atoms with E-state index in [0.717, 1.165) is 17.1 Å². The van der Waals surface area contributed by atoms with Crippen LogP contribution in [0.4, 0.5) is 17.1 Å². The van der Waals surface area contributed by atoms with Crippen LogP contribution in [0.15, 0.2) is 188 Å². The predicted octanol–water partition coefficient (Wildman–Crippen LogP) is 15.0. The molecule has 11 rings (SSSR count). The standard InChI is InChI=1S/C50H31NS/c1-2-13-37-32(11-1)23-24-34-12-9-21-47(49(34)37)51(36-29-30-43-41-16-4-3-14-39(41)40-15-5-6-17-42(40)46(43)31-36)35-27-25-33(26-28-35)38-19-10-20-45-44-18-7-8-22-48(44)52-50(38)45/h1-31H. The first-order valence-electron chi connectivity index (χ1n) is 17.8. The van der Waals surface area contributed by atoms with Crippen LogP contribution in [0.1, 0.15) is 0 Å². The van der Waals surface area contributed by atoms with Crippen molar-refractivity contribution in [2.24, 2.45) is 0 Å². The number of hydrogen-bond acceptors (Lipinski definition) is 2. The molecule has 2 heteroatoms. The molecule has 0 bridgehead atoms. The highest BCUT2D eigenvalue weighted by atomic mass is 32.1. The molecule has 52 heavy (non-hydrogen) atoms. The van der Waals surface area contributed by atoms with Crippen molar-refractivity contribution in [2.45, 2.75) is 0 Å². The van der Waals surface area contributed by atoms with Gasteiger partial charge in [-0.1, -0.05) is 152 Å². The zero-order valence-electron chi connectivity index (χ0n) is 28.3. The maximum Gasteiger partial charge on any atom is 0.0546 e. The summed E-state index contributed by atoms with van der Waals surface area (Å²) in [6.45, 7) is 0. The fourth-order valence-corrected chi connectivity index (χ4v) is 9.69. The van der Waals surface area contributed by atoms with Crippen LogP contribution in [-0.4, -0.2) is 0 Å². The smallest absolute Gasteiger partial charge is 0.0546 e. The molecule has 0 unspecified atom stereocenters. The maximum absolute atomic E-state index is 2.46. The summed E-state index contributed by atoms with van der Waals surface area (Å²) in [7, 11) is 0. The summed E-state index contributed by atoms with van der Waals surface area (Å²) in [6, 6.07) is 69.3. The number of hydrogen-bond donors (Lipinski definition) is 0. The number of anilines is 3. The number of rotatable bonds is 4. The summed E-state index contributed by atoms with van der Waals surface area (Å²) in [5, 5.41) is 15.3. The van der Waals surface area contributed by atoms with Gasteiger partial charge in [-0.05, 0) is 96.0 Å². The SMILES string of the molecule is c1ccc2c(c1)ccc1cccc(N(c3ccc(-c4cccc5c4sc4ccccc45)cc3)c3ccc4c5ccccc5c5ccccc5c4c3)c12. The second-order valence-electron chi connectivity index (χ2n) is 13.6. The van der Waals surface area contributed by atoms with Gasteiger partial charge in [0.2, 0.25) is 0 Å². The molecule has 0 saturated heterocycles. The van der Waals surface area contributed by atoms with Crippen LogP contribution in [-0.2, 0) is 0 Å². The lowest BCUT2D eigenvalue weighted by Gasteiger charge is -2.28. The normalized spacial score (nSPS) is 11.8. The Morgan fingerprint density at radius 3 is 1.67 bits per heavy atom. The molecule has 0 radical (unpaired) electrons. The monoisotopic (exact) mass is 677 g/mol. The van der Waals surface area contributed by atoms with Crippen LogP contribution in [0.25, 0.3) is 85.2 Å². The van der Waals surface area contributed by atoms with Crippen LogP contribution in [0.2, 0.25) is 0 Å². The summed E-state index contributed by atoms with van der Waals surface area (Å²) in [6.07, 6.45) is 0. The Hall–Kier alpha value is -6.48. The van der Waals surface area contributed by atoms with Gasteiger partial charge in [0, 0.05) is 36.9 Å². The molecule has 242 valence electrons. The molecule has 0 N–H and O–H groups in total. The molecule has 0 saturated carbocycles. The van der Waals surface area contributed by atoms with E-state index in [1.54, 1.807) is 0 Å². The molecule has 0 aliphatic rings. The Morgan fingerprint density at radius 2 is 0.904 bits per heavy atom. The van der Waals surface area contributed by atoms with Crippen molar-refractivity contribution in [3.8, 4) is 11.1 Å². The van der Waals surface area contributed by atoms with Gasteiger partial charge in [-0.3, -0.25) is 0 Å². The lowest BCUT2D eigenvalue weighted by atomic mass is 9.93. The third kappa shape index (κ3) is 4.41. The van der Waals surface area contributed by atoms with Crippen molar-refractivity contribution in [2.75, 3.05) is 4.90 Å². The number of fused-ring (bicyclic) bond motifs is 12. The van der Waals surface area contributed by atoms with Gasteiger partial charge < -0.3 is 4.90 Å². The van der Waals surface area contributed by atoms with E-state index < -0.39 is 0 Å². The van der Waals surface area contributed by atoms with Crippen molar-refractivity contribution in [3.63, 3.8) is 0 Å². The van der Waals surface area contributed by atoms with Crippen LogP contribution in [0, 0.1) is 0 Å². The molecule has 0 spiro atoms. The zero-order chi connectivity index (χ0) is 34.2. The van der Waals surface area contributed by atoms with E-state index >= 15 is 0 Å². The Labute approximate surface area is 305 Å². The molecule has 1 heterocycles. The first kappa shape index (κ1) is 29.3. The number of benzene rings is 10. The van der Waals surface area contributed by atoms with Crippen molar-refractivity contribution in [3.05, 3.63) is 188 Å². The van der Waals surface area contributed by atoms with Gasteiger partial charge in [-0.15, -0.1) is 11.3 Å². The molecule has 1 aromatic heterocycles. The van der Waals surface area contributed by atoms with Crippen molar-refractivity contribution in [1.82, 2.24) is 0 Å². The third-order valence-corrected chi connectivity index (χ3v) is 12.0. The van der Waals surface area contributed by atoms with E-state index in [1.165, 1.54) is 85.2 Å². The Bertz CT molecular complexity index is 3150. The minimum Gasteiger partial charge on any atom is -0.310 e. The molecule has 0 atom stereocenters. The van der Waals surface area contributed by atoms with Gasteiger partial charge >= 0.3 is 0 Å². The molecule has 11 aromatic rings. The van der Waals surface area contributed by atoms with Crippen molar-refractivity contribution < 1.29 is 0 Å².